The van der Waals surface area contributed by atoms with E-state index in [1.807, 2.05) is 0 Å². The minimum atomic E-state index is -4.84. The zero-order chi connectivity index (χ0) is 27.8. The van der Waals surface area contributed by atoms with E-state index in [0.717, 1.165) is 18.2 Å². The van der Waals surface area contributed by atoms with Gasteiger partial charge in [0.05, 0.1) is 23.0 Å². The van der Waals surface area contributed by atoms with Gasteiger partial charge < -0.3 is 9.47 Å². The van der Waals surface area contributed by atoms with Gasteiger partial charge in [-0.05, 0) is 42.3 Å². The molecule has 3 aromatic heterocycles. The van der Waals surface area contributed by atoms with Gasteiger partial charge in [-0.15, -0.1) is 0 Å². The van der Waals surface area contributed by atoms with Crippen molar-refractivity contribution < 1.29 is 35.8 Å². The van der Waals surface area contributed by atoms with Gasteiger partial charge in [0, 0.05) is 30.2 Å². The summed E-state index contributed by atoms with van der Waals surface area (Å²) in [5.41, 5.74) is -0.699. The summed E-state index contributed by atoms with van der Waals surface area (Å²) >= 11 is 0. The van der Waals surface area contributed by atoms with Gasteiger partial charge in [0.25, 0.3) is 0 Å². The van der Waals surface area contributed by atoms with Gasteiger partial charge >= 0.3 is 12.4 Å². The summed E-state index contributed by atoms with van der Waals surface area (Å²) in [5, 5.41) is 0. The molecule has 5 rings (SSSR count). The summed E-state index contributed by atoms with van der Waals surface area (Å²) in [4.78, 5) is 16.4. The van der Waals surface area contributed by atoms with E-state index in [1.165, 1.54) is 31.5 Å². The predicted octanol–water partition coefficient (Wildman–Crippen LogP) is 6.90. The van der Waals surface area contributed by atoms with Crippen LogP contribution in [-0.4, -0.2) is 24.3 Å². The topological polar surface area (TPSA) is 74.4 Å². The second-order valence-corrected chi connectivity index (χ2v) is 8.40. The molecule has 0 saturated carbocycles. The van der Waals surface area contributed by atoms with Crippen LogP contribution in [0.3, 0.4) is 0 Å². The lowest BCUT2D eigenvalue weighted by Crippen LogP contribution is -2.10. The van der Waals surface area contributed by atoms with Crippen LogP contribution in [0.2, 0.25) is 0 Å². The first-order valence-corrected chi connectivity index (χ1v) is 11.3. The Morgan fingerprint density at radius 3 is 2.31 bits per heavy atom. The number of fused-ring (bicyclic) bond motifs is 1. The molecule has 0 N–H and O–H groups in total. The van der Waals surface area contributed by atoms with E-state index < -0.39 is 29.2 Å². The Morgan fingerprint density at radius 2 is 1.59 bits per heavy atom. The van der Waals surface area contributed by atoms with Gasteiger partial charge in [-0.25, -0.2) is 15.0 Å². The molecule has 39 heavy (non-hydrogen) atoms. The third-order valence-electron chi connectivity index (χ3n) is 5.69. The van der Waals surface area contributed by atoms with Gasteiger partial charge in [-0.3, -0.25) is 4.40 Å². The summed E-state index contributed by atoms with van der Waals surface area (Å²) in [5.74, 6) is -0.599. The third-order valence-corrected chi connectivity index (χ3v) is 5.69. The number of aryl methyl sites for hydroxylation is 1. The van der Waals surface area contributed by atoms with Crippen LogP contribution in [0.4, 0.5) is 26.3 Å². The van der Waals surface area contributed by atoms with Crippen LogP contribution in [0.25, 0.3) is 17.0 Å². The van der Waals surface area contributed by atoms with E-state index in [9.17, 15) is 26.3 Å². The number of aromatic nitrogens is 5. The molecule has 0 atom stereocenters. The maximum atomic E-state index is 13.8. The van der Waals surface area contributed by atoms with E-state index in [2.05, 4.69) is 19.9 Å². The molecule has 0 fully saturated rings. The Labute approximate surface area is 216 Å². The van der Waals surface area contributed by atoms with E-state index in [1.54, 1.807) is 29.2 Å². The minimum absolute atomic E-state index is 0.0779. The molecule has 200 valence electrons. The van der Waals surface area contributed by atoms with Gasteiger partial charge in [-0.1, -0.05) is 12.1 Å². The lowest BCUT2D eigenvalue weighted by Gasteiger charge is -2.17. The number of rotatable bonds is 6. The highest BCUT2D eigenvalue weighted by Gasteiger charge is 2.36. The van der Waals surface area contributed by atoms with Gasteiger partial charge in [0.1, 0.15) is 24.4 Å². The van der Waals surface area contributed by atoms with Crippen LogP contribution in [0.15, 0.2) is 73.6 Å². The summed E-state index contributed by atoms with van der Waals surface area (Å²) in [6.45, 7) is 0.980. The first-order chi connectivity index (χ1) is 18.5. The van der Waals surface area contributed by atoms with Crippen molar-refractivity contribution in [2.45, 2.75) is 25.9 Å². The third kappa shape index (κ3) is 5.61. The smallest absolute Gasteiger partial charge is 0.419 e. The molecule has 5 aromatic rings. The second-order valence-electron chi connectivity index (χ2n) is 8.40. The average Bonchev–Trinajstić information content (AvgIpc) is 3.32. The number of nitrogens with zero attached hydrogens (tertiary/aromatic N) is 5. The lowest BCUT2D eigenvalue weighted by molar-refractivity contribution is -0.139. The van der Waals surface area contributed by atoms with Gasteiger partial charge in [0.15, 0.2) is 0 Å². The van der Waals surface area contributed by atoms with E-state index in [0.29, 0.717) is 23.1 Å². The van der Waals surface area contributed by atoms with Crippen molar-refractivity contribution in [3.05, 3.63) is 95.8 Å². The van der Waals surface area contributed by atoms with Crippen LogP contribution < -0.4 is 9.47 Å². The zero-order valence-electron chi connectivity index (χ0n) is 20.0. The van der Waals surface area contributed by atoms with Crippen LogP contribution in [0.5, 0.6) is 17.4 Å². The fourth-order valence-electron chi connectivity index (χ4n) is 3.81. The van der Waals surface area contributed by atoms with Crippen molar-refractivity contribution in [2.24, 2.45) is 0 Å². The van der Waals surface area contributed by atoms with Crippen molar-refractivity contribution in [3.8, 4) is 28.6 Å². The van der Waals surface area contributed by atoms with Crippen molar-refractivity contribution in [1.29, 1.82) is 0 Å². The fourth-order valence-corrected chi connectivity index (χ4v) is 3.81. The maximum absolute atomic E-state index is 13.8. The monoisotopic (exact) mass is 545 g/mol. The Hall–Kier alpha value is -4.68. The van der Waals surface area contributed by atoms with Crippen molar-refractivity contribution >= 4 is 5.78 Å². The number of imidazole rings is 1. The molecule has 0 aliphatic heterocycles. The molecular formula is C26H17F6N5O2. The minimum Gasteiger partial charge on any atom is -0.473 e. The number of ether oxygens (including phenoxy) is 2. The van der Waals surface area contributed by atoms with Crippen LogP contribution >= 0.6 is 0 Å². The number of alkyl halides is 6. The number of hydrogen-bond acceptors (Lipinski definition) is 6. The molecule has 0 bridgehead atoms. The summed E-state index contributed by atoms with van der Waals surface area (Å²) in [7, 11) is 0. The summed E-state index contributed by atoms with van der Waals surface area (Å²) in [6.07, 6.45) is -1.68. The molecule has 7 nitrogen and oxygen atoms in total. The quantitative estimate of drug-likeness (QED) is 0.216. The Kier molecular flexibility index (Phi) is 6.58. The highest BCUT2D eigenvalue weighted by Crippen LogP contribution is 2.40. The molecule has 0 radical (unpaired) electrons. The van der Waals surface area contributed by atoms with Crippen LogP contribution in [-0.2, 0) is 19.0 Å². The zero-order valence-corrected chi connectivity index (χ0v) is 20.0. The van der Waals surface area contributed by atoms with Gasteiger partial charge in [-0.2, -0.15) is 31.3 Å². The molecule has 3 heterocycles. The number of hydrogen-bond donors (Lipinski definition) is 0. The fraction of sp³-hybridized carbons (Fsp3) is 0.154. The molecule has 13 heteroatoms. The molecular weight excluding hydrogens is 528 g/mol. The SMILES string of the molecule is Cc1ccc(Oc2ccc(COc3ccn4c(-c5cncnc5)cnc4n3)cc2C(F)(F)F)cc1C(F)(F)F. The van der Waals surface area contributed by atoms with E-state index >= 15 is 0 Å². The van der Waals surface area contributed by atoms with Crippen molar-refractivity contribution in [3.63, 3.8) is 0 Å². The van der Waals surface area contributed by atoms with E-state index in [-0.39, 0.29) is 29.4 Å². The Bertz CT molecular complexity index is 1630. The lowest BCUT2D eigenvalue weighted by atomic mass is 10.1. The maximum Gasteiger partial charge on any atom is 0.419 e. The summed E-state index contributed by atoms with van der Waals surface area (Å²) < 4.78 is 93.6. The Balaban J connectivity index is 1.36. The molecule has 0 spiro atoms. The van der Waals surface area contributed by atoms with Crippen LogP contribution in [0.1, 0.15) is 22.3 Å². The predicted molar refractivity (Wildman–Crippen MR) is 126 cm³/mol. The molecule has 0 saturated heterocycles. The molecule has 0 amide bonds. The second kappa shape index (κ2) is 9.89. The largest absolute Gasteiger partial charge is 0.473 e. The highest BCUT2D eigenvalue weighted by molar-refractivity contribution is 5.60. The van der Waals surface area contributed by atoms with Crippen LogP contribution in [0, 0.1) is 6.92 Å². The molecule has 0 aliphatic carbocycles. The molecule has 0 unspecified atom stereocenters. The molecule has 2 aromatic carbocycles. The highest BCUT2D eigenvalue weighted by atomic mass is 19.4. The standard InChI is InChI=1S/C26H17F6N5O2/c1-15-2-4-18(9-19(15)25(27,28)29)39-22-5-3-16(8-20(22)26(30,31)32)13-38-23-6-7-37-21(12-35-24(37)36-23)17-10-33-14-34-11-17/h2-12,14H,13H2,1H3. The van der Waals surface area contributed by atoms with Gasteiger partial charge in [0.2, 0.25) is 11.7 Å². The first kappa shape index (κ1) is 25.9. The summed E-state index contributed by atoms with van der Waals surface area (Å²) in [6, 6.07) is 7.68. The number of benzene rings is 2. The van der Waals surface area contributed by atoms with Crippen molar-refractivity contribution in [1.82, 2.24) is 24.3 Å². The normalized spacial score (nSPS) is 12.1. The number of halogens is 6. The average molecular weight is 545 g/mol. The Morgan fingerprint density at radius 1 is 0.846 bits per heavy atom. The van der Waals surface area contributed by atoms with E-state index in [4.69, 9.17) is 9.47 Å². The first-order valence-electron chi connectivity index (χ1n) is 11.3. The molecule has 0 aliphatic rings. The van der Waals surface area contributed by atoms with Crippen molar-refractivity contribution in [2.75, 3.05) is 0 Å².